The normalized spacial score (nSPS) is 22.0. The third kappa shape index (κ3) is 3.28. The Morgan fingerprint density at radius 1 is 1.15 bits per heavy atom. The molecular formula is C18H24FN5O2S. The van der Waals surface area contributed by atoms with Crippen LogP contribution in [-0.2, 0) is 23.1 Å². The average Bonchev–Trinajstić information content (AvgIpc) is 3.06. The molecule has 2 aromatic rings. The number of sulfonamides is 1. The van der Waals surface area contributed by atoms with Crippen molar-refractivity contribution in [3.05, 3.63) is 41.2 Å². The van der Waals surface area contributed by atoms with E-state index in [0.717, 1.165) is 37.8 Å². The van der Waals surface area contributed by atoms with Crippen LogP contribution in [0.5, 0.6) is 0 Å². The van der Waals surface area contributed by atoms with Gasteiger partial charge in [0.2, 0.25) is 10.0 Å². The number of aromatic nitrogens is 3. The van der Waals surface area contributed by atoms with Crippen molar-refractivity contribution in [1.82, 2.24) is 24.0 Å². The lowest BCUT2D eigenvalue weighted by atomic mass is 10.0. The maximum atomic E-state index is 14.0. The van der Waals surface area contributed by atoms with E-state index in [1.54, 1.807) is 6.92 Å². The maximum Gasteiger partial charge on any atom is 0.243 e. The van der Waals surface area contributed by atoms with Gasteiger partial charge in [-0.05, 0) is 44.5 Å². The molecule has 0 N–H and O–H groups in total. The minimum atomic E-state index is -3.81. The Kier molecular flexibility index (Phi) is 4.77. The second-order valence-corrected chi connectivity index (χ2v) is 9.29. The van der Waals surface area contributed by atoms with Gasteiger partial charge < -0.3 is 4.57 Å². The molecule has 0 saturated carbocycles. The Balaban J connectivity index is 1.72. The number of nitrogens with zero attached hydrogens (tertiary/aromatic N) is 5. The van der Waals surface area contributed by atoms with Crippen LogP contribution in [0.15, 0.2) is 23.1 Å². The fourth-order valence-electron chi connectivity index (χ4n) is 3.87. The number of benzene rings is 1. The van der Waals surface area contributed by atoms with Gasteiger partial charge in [-0.1, -0.05) is 12.5 Å². The standard InChI is InChI=1S/C18H24FN5O2S/c1-13-6-7-14(11-15(13)19)27(25,26)24-8-4-3-5-16(24)18-21-20-17-12-22(2)9-10-23(17)18/h6-7,11,16H,3-5,8-10,12H2,1-2H3/t16-/m1/s1. The molecule has 1 saturated heterocycles. The Labute approximate surface area is 158 Å². The van der Waals surface area contributed by atoms with E-state index in [0.29, 0.717) is 30.9 Å². The van der Waals surface area contributed by atoms with E-state index in [1.807, 2.05) is 11.6 Å². The Morgan fingerprint density at radius 3 is 2.74 bits per heavy atom. The first-order chi connectivity index (χ1) is 12.9. The SMILES string of the molecule is Cc1ccc(S(=O)(=O)N2CCCC[C@@H]2c2nnc3n2CCN(C)C3)cc1F. The van der Waals surface area contributed by atoms with Crippen LogP contribution in [0.25, 0.3) is 0 Å². The van der Waals surface area contributed by atoms with Crippen LogP contribution in [0.3, 0.4) is 0 Å². The van der Waals surface area contributed by atoms with Crippen LogP contribution < -0.4 is 0 Å². The number of hydrogen-bond donors (Lipinski definition) is 0. The minimum Gasteiger partial charge on any atom is -0.311 e. The van der Waals surface area contributed by atoms with Crippen LogP contribution in [0.2, 0.25) is 0 Å². The summed E-state index contributed by atoms with van der Waals surface area (Å²) < 4.78 is 44.1. The molecule has 2 aliphatic rings. The predicted molar refractivity (Wildman–Crippen MR) is 98.0 cm³/mol. The van der Waals surface area contributed by atoms with Gasteiger partial charge in [-0.25, -0.2) is 12.8 Å². The van der Waals surface area contributed by atoms with Crippen LogP contribution in [0, 0.1) is 12.7 Å². The summed E-state index contributed by atoms with van der Waals surface area (Å²) in [5, 5.41) is 8.64. The molecule has 0 bridgehead atoms. The van der Waals surface area contributed by atoms with Gasteiger partial charge in [-0.3, -0.25) is 4.90 Å². The number of fused-ring (bicyclic) bond motifs is 1. The van der Waals surface area contributed by atoms with Gasteiger partial charge in [-0.15, -0.1) is 10.2 Å². The van der Waals surface area contributed by atoms with Gasteiger partial charge in [0.15, 0.2) is 5.82 Å². The first kappa shape index (κ1) is 18.5. The van der Waals surface area contributed by atoms with E-state index in [9.17, 15) is 12.8 Å². The monoisotopic (exact) mass is 393 g/mol. The highest BCUT2D eigenvalue weighted by Crippen LogP contribution is 2.35. The van der Waals surface area contributed by atoms with Gasteiger partial charge in [0.25, 0.3) is 0 Å². The third-order valence-corrected chi connectivity index (χ3v) is 7.38. The summed E-state index contributed by atoms with van der Waals surface area (Å²) in [6.45, 7) is 4.35. The maximum absolute atomic E-state index is 14.0. The zero-order chi connectivity index (χ0) is 19.2. The second-order valence-electron chi connectivity index (χ2n) is 7.40. The largest absolute Gasteiger partial charge is 0.311 e. The molecule has 2 aliphatic heterocycles. The molecule has 27 heavy (non-hydrogen) atoms. The number of halogens is 1. The highest BCUT2D eigenvalue weighted by Gasteiger charge is 2.38. The third-order valence-electron chi connectivity index (χ3n) is 5.47. The van der Waals surface area contributed by atoms with Gasteiger partial charge in [0, 0.05) is 19.6 Å². The molecule has 0 spiro atoms. The lowest BCUT2D eigenvalue weighted by molar-refractivity contribution is 0.224. The summed E-state index contributed by atoms with van der Waals surface area (Å²) in [6.07, 6.45) is 2.41. The number of rotatable bonds is 3. The zero-order valence-electron chi connectivity index (χ0n) is 15.6. The lowest BCUT2D eigenvalue weighted by Crippen LogP contribution is -2.40. The molecule has 7 nitrogen and oxygen atoms in total. The van der Waals surface area contributed by atoms with Crippen molar-refractivity contribution in [3.63, 3.8) is 0 Å². The zero-order valence-corrected chi connectivity index (χ0v) is 16.4. The fraction of sp³-hybridized carbons (Fsp3) is 0.556. The van der Waals surface area contributed by atoms with Gasteiger partial charge in [0.05, 0.1) is 17.5 Å². The first-order valence-corrected chi connectivity index (χ1v) is 10.7. The molecule has 0 radical (unpaired) electrons. The summed E-state index contributed by atoms with van der Waals surface area (Å²) >= 11 is 0. The van der Waals surface area contributed by atoms with Gasteiger partial charge >= 0.3 is 0 Å². The van der Waals surface area contributed by atoms with E-state index in [4.69, 9.17) is 0 Å². The molecule has 9 heteroatoms. The van der Waals surface area contributed by atoms with Gasteiger partial charge in [-0.2, -0.15) is 4.31 Å². The second kappa shape index (κ2) is 6.96. The Bertz CT molecular complexity index is 959. The molecule has 3 heterocycles. The van der Waals surface area contributed by atoms with E-state index >= 15 is 0 Å². The van der Waals surface area contributed by atoms with Crippen molar-refractivity contribution in [1.29, 1.82) is 0 Å². The fourth-order valence-corrected chi connectivity index (χ4v) is 5.53. The topological polar surface area (TPSA) is 71.3 Å². The molecule has 0 aliphatic carbocycles. The molecule has 1 aromatic carbocycles. The van der Waals surface area contributed by atoms with Crippen molar-refractivity contribution in [2.45, 2.75) is 50.2 Å². The average molecular weight is 393 g/mol. The smallest absolute Gasteiger partial charge is 0.243 e. The summed E-state index contributed by atoms with van der Waals surface area (Å²) in [7, 11) is -1.78. The summed E-state index contributed by atoms with van der Waals surface area (Å²) in [5.74, 6) is 1.06. The van der Waals surface area contributed by atoms with Crippen LogP contribution in [0.1, 0.15) is 42.5 Å². The van der Waals surface area contributed by atoms with Crippen LogP contribution in [-0.4, -0.2) is 52.5 Å². The van der Waals surface area contributed by atoms with Crippen molar-refractivity contribution in [2.24, 2.45) is 0 Å². The molecular weight excluding hydrogens is 369 g/mol. The molecule has 4 rings (SSSR count). The summed E-state index contributed by atoms with van der Waals surface area (Å²) in [6, 6.07) is 3.74. The highest BCUT2D eigenvalue weighted by atomic mass is 32.2. The number of piperidine rings is 1. The molecule has 1 aromatic heterocycles. The number of likely N-dealkylation sites (N-methyl/N-ethyl adjacent to an activating group) is 1. The van der Waals surface area contributed by atoms with E-state index in [2.05, 4.69) is 15.1 Å². The Morgan fingerprint density at radius 2 is 1.96 bits per heavy atom. The summed E-state index contributed by atoms with van der Waals surface area (Å²) in [5.41, 5.74) is 0.430. The molecule has 0 unspecified atom stereocenters. The number of hydrogen-bond acceptors (Lipinski definition) is 5. The molecule has 146 valence electrons. The van der Waals surface area contributed by atoms with E-state index < -0.39 is 15.8 Å². The molecule has 0 amide bonds. The van der Waals surface area contributed by atoms with E-state index in [1.165, 1.54) is 16.4 Å². The first-order valence-electron chi connectivity index (χ1n) is 9.26. The van der Waals surface area contributed by atoms with Crippen molar-refractivity contribution in [3.8, 4) is 0 Å². The van der Waals surface area contributed by atoms with Crippen molar-refractivity contribution >= 4 is 10.0 Å². The molecule has 1 atom stereocenters. The summed E-state index contributed by atoms with van der Waals surface area (Å²) in [4.78, 5) is 2.16. The molecule has 1 fully saturated rings. The minimum absolute atomic E-state index is 0.00406. The lowest BCUT2D eigenvalue weighted by Gasteiger charge is -2.35. The van der Waals surface area contributed by atoms with Crippen LogP contribution in [0.4, 0.5) is 4.39 Å². The quantitative estimate of drug-likeness (QED) is 0.799. The van der Waals surface area contributed by atoms with Crippen molar-refractivity contribution in [2.75, 3.05) is 20.1 Å². The van der Waals surface area contributed by atoms with Crippen LogP contribution >= 0.6 is 0 Å². The number of aryl methyl sites for hydroxylation is 1. The van der Waals surface area contributed by atoms with E-state index in [-0.39, 0.29) is 10.9 Å². The van der Waals surface area contributed by atoms with Gasteiger partial charge in [0.1, 0.15) is 11.6 Å². The predicted octanol–water partition coefficient (Wildman–Crippen LogP) is 2.09. The van der Waals surface area contributed by atoms with Crippen molar-refractivity contribution < 1.29 is 12.8 Å². The highest BCUT2D eigenvalue weighted by molar-refractivity contribution is 7.89. The Hall–Kier alpha value is -1.84.